The first-order valence-corrected chi connectivity index (χ1v) is 7.78. The smallest absolute Gasteiger partial charge is 0.246 e. The number of aryl methyl sites for hydroxylation is 1. The van der Waals surface area contributed by atoms with Gasteiger partial charge in [0.1, 0.15) is 12.1 Å². The molecule has 1 aromatic heterocycles. The summed E-state index contributed by atoms with van der Waals surface area (Å²) in [6.45, 7) is 8.27. The van der Waals surface area contributed by atoms with Gasteiger partial charge in [0.15, 0.2) is 0 Å². The average molecular weight is 295 g/mol. The number of carbonyl (C=O) groups excluding carboxylic acids is 2. The van der Waals surface area contributed by atoms with Gasteiger partial charge in [-0.05, 0) is 26.2 Å². The summed E-state index contributed by atoms with van der Waals surface area (Å²) in [4.78, 5) is 31.5. The fraction of sp³-hybridized carbons (Fsp3) is 0.643. The van der Waals surface area contributed by atoms with E-state index in [1.165, 1.54) is 11.3 Å². The quantitative estimate of drug-likeness (QED) is 0.920. The van der Waals surface area contributed by atoms with Gasteiger partial charge < -0.3 is 10.2 Å². The van der Waals surface area contributed by atoms with Gasteiger partial charge in [0.25, 0.3) is 0 Å². The number of hydrogen-bond donors (Lipinski definition) is 1. The van der Waals surface area contributed by atoms with Crippen molar-refractivity contribution < 1.29 is 9.59 Å². The summed E-state index contributed by atoms with van der Waals surface area (Å²) in [7, 11) is 0. The van der Waals surface area contributed by atoms with Crippen molar-refractivity contribution in [1.29, 1.82) is 0 Å². The van der Waals surface area contributed by atoms with E-state index in [2.05, 4.69) is 24.1 Å². The standard InChI is InChI=1S/C14H21N3O2S/c1-8(2)5-11-14(19)17(10(4)13(18)16-11)6-12-9(3)15-7-20-12/h7-8,10-11H,5-6H2,1-4H3,(H,16,18). The molecule has 2 amide bonds. The first-order chi connectivity index (χ1) is 9.40. The minimum absolute atomic E-state index is 0.0126. The van der Waals surface area contributed by atoms with Crippen molar-refractivity contribution in [2.45, 2.75) is 52.7 Å². The highest BCUT2D eigenvalue weighted by Crippen LogP contribution is 2.21. The van der Waals surface area contributed by atoms with Crippen molar-refractivity contribution in [2.24, 2.45) is 5.92 Å². The van der Waals surface area contributed by atoms with Gasteiger partial charge in [-0.3, -0.25) is 9.59 Å². The normalized spacial score (nSPS) is 23.4. The Morgan fingerprint density at radius 1 is 1.45 bits per heavy atom. The second-order valence-corrected chi connectivity index (χ2v) is 6.63. The van der Waals surface area contributed by atoms with Crippen molar-refractivity contribution >= 4 is 23.2 Å². The maximum Gasteiger partial charge on any atom is 0.246 e. The first kappa shape index (κ1) is 15.0. The van der Waals surface area contributed by atoms with Crippen LogP contribution in [-0.2, 0) is 16.1 Å². The Bertz CT molecular complexity index is 512. The van der Waals surface area contributed by atoms with E-state index in [4.69, 9.17) is 0 Å². The molecule has 0 aromatic carbocycles. The molecule has 2 atom stereocenters. The molecule has 1 saturated heterocycles. The molecular weight excluding hydrogens is 274 g/mol. The number of nitrogens with zero attached hydrogens (tertiary/aromatic N) is 2. The summed E-state index contributed by atoms with van der Waals surface area (Å²) >= 11 is 1.53. The lowest BCUT2D eigenvalue weighted by atomic mass is 9.99. The second kappa shape index (κ2) is 5.91. The predicted molar refractivity (Wildman–Crippen MR) is 78.2 cm³/mol. The number of amides is 2. The molecular formula is C14H21N3O2S. The third-order valence-electron chi connectivity index (χ3n) is 3.61. The molecule has 1 aliphatic rings. The van der Waals surface area contributed by atoms with Gasteiger partial charge in [0, 0.05) is 4.88 Å². The summed E-state index contributed by atoms with van der Waals surface area (Å²) in [5, 5.41) is 2.83. The molecule has 1 aromatic rings. The number of carbonyl (C=O) groups is 2. The zero-order chi connectivity index (χ0) is 14.9. The number of nitrogens with one attached hydrogen (secondary N) is 1. The van der Waals surface area contributed by atoms with E-state index in [0.717, 1.165) is 10.6 Å². The number of thiazole rings is 1. The van der Waals surface area contributed by atoms with E-state index in [0.29, 0.717) is 18.9 Å². The van der Waals surface area contributed by atoms with Crippen molar-refractivity contribution in [2.75, 3.05) is 0 Å². The Balaban J connectivity index is 2.18. The molecule has 0 saturated carbocycles. The zero-order valence-electron chi connectivity index (χ0n) is 12.3. The minimum Gasteiger partial charge on any atom is -0.343 e. The van der Waals surface area contributed by atoms with Crippen LogP contribution < -0.4 is 5.32 Å². The van der Waals surface area contributed by atoms with Crippen LogP contribution in [0.5, 0.6) is 0 Å². The van der Waals surface area contributed by atoms with E-state index >= 15 is 0 Å². The monoisotopic (exact) mass is 295 g/mol. The molecule has 2 unspecified atom stereocenters. The van der Waals surface area contributed by atoms with Crippen LogP contribution in [0.3, 0.4) is 0 Å². The van der Waals surface area contributed by atoms with Crippen LogP contribution in [0, 0.1) is 12.8 Å². The zero-order valence-corrected chi connectivity index (χ0v) is 13.2. The van der Waals surface area contributed by atoms with Crippen LogP contribution >= 0.6 is 11.3 Å². The number of rotatable bonds is 4. The van der Waals surface area contributed by atoms with Gasteiger partial charge in [-0.25, -0.2) is 4.98 Å². The van der Waals surface area contributed by atoms with E-state index in [-0.39, 0.29) is 11.8 Å². The van der Waals surface area contributed by atoms with Gasteiger partial charge in [-0.2, -0.15) is 0 Å². The molecule has 20 heavy (non-hydrogen) atoms. The topological polar surface area (TPSA) is 62.3 Å². The van der Waals surface area contributed by atoms with Crippen LogP contribution in [-0.4, -0.2) is 33.8 Å². The Labute approximate surface area is 123 Å². The van der Waals surface area contributed by atoms with E-state index in [9.17, 15) is 9.59 Å². The summed E-state index contributed by atoms with van der Waals surface area (Å²) in [6.07, 6.45) is 0.676. The largest absolute Gasteiger partial charge is 0.343 e. The van der Waals surface area contributed by atoms with Crippen LogP contribution in [0.2, 0.25) is 0 Å². The highest BCUT2D eigenvalue weighted by Gasteiger charge is 2.38. The summed E-state index contributed by atoms with van der Waals surface area (Å²) in [5.74, 6) is 0.306. The van der Waals surface area contributed by atoms with Crippen LogP contribution in [0.25, 0.3) is 0 Å². The second-order valence-electron chi connectivity index (χ2n) is 5.69. The van der Waals surface area contributed by atoms with Gasteiger partial charge in [0.05, 0.1) is 17.7 Å². The van der Waals surface area contributed by atoms with Crippen molar-refractivity contribution in [3.8, 4) is 0 Å². The summed E-state index contributed by atoms with van der Waals surface area (Å²) in [5.41, 5.74) is 2.71. The molecule has 6 heteroatoms. The van der Waals surface area contributed by atoms with Crippen LogP contribution in [0.1, 0.15) is 37.8 Å². The van der Waals surface area contributed by atoms with Crippen LogP contribution in [0.4, 0.5) is 0 Å². The molecule has 1 aliphatic heterocycles. The molecule has 0 radical (unpaired) electrons. The van der Waals surface area contributed by atoms with Crippen molar-refractivity contribution in [3.05, 3.63) is 16.1 Å². The average Bonchev–Trinajstić information content (AvgIpc) is 2.77. The van der Waals surface area contributed by atoms with E-state index in [1.54, 1.807) is 17.3 Å². The summed E-state index contributed by atoms with van der Waals surface area (Å²) in [6, 6.07) is -0.820. The highest BCUT2D eigenvalue weighted by molar-refractivity contribution is 7.09. The third kappa shape index (κ3) is 3.00. The fourth-order valence-electron chi connectivity index (χ4n) is 2.37. The molecule has 0 spiro atoms. The molecule has 0 bridgehead atoms. The number of piperazine rings is 1. The summed E-state index contributed by atoms with van der Waals surface area (Å²) < 4.78 is 0. The Morgan fingerprint density at radius 3 is 2.70 bits per heavy atom. The Kier molecular flexibility index (Phi) is 4.42. The van der Waals surface area contributed by atoms with Crippen LogP contribution in [0.15, 0.2) is 5.51 Å². The number of aromatic nitrogens is 1. The molecule has 0 aliphatic carbocycles. The number of hydrogen-bond acceptors (Lipinski definition) is 4. The maximum absolute atomic E-state index is 12.5. The van der Waals surface area contributed by atoms with Gasteiger partial charge in [0.2, 0.25) is 11.8 Å². The molecule has 2 rings (SSSR count). The molecule has 110 valence electrons. The van der Waals surface area contributed by atoms with Crippen molar-refractivity contribution in [3.63, 3.8) is 0 Å². The Hall–Kier alpha value is -1.43. The SMILES string of the molecule is Cc1ncsc1CN1C(=O)C(CC(C)C)NC(=O)C1C. The highest BCUT2D eigenvalue weighted by atomic mass is 32.1. The molecule has 1 fully saturated rings. The lowest BCUT2D eigenvalue weighted by Crippen LogP contribution is -2.62. The van der Waals surface area contributed by atoms with E-state index < -0.39 is 12.1 Å². The van der Waals surface area contributed by atoms with Crippen molar-refractivity contribution in [1.82, 2.24) is 15.2 Å². The maximum atomic E-state index is 12.5. The fourth-order valence-corrected chi connectivity index (χ4v) is 3.14. The molecule has 5 nitrogen and oxygen atoms in total. The van der Waals surface area contributed by atoms with Gasteiger partial charge >= 0.3 is 0 Å². The minimum atomic E-state index is -0.424. The molecule has 2 heterocycles. The predicted octanol–water partition coefficient (Wildman–Crippen LogP) is 1.71. The third-order valence-corrected chi connectivity index (χ3v) is 4.53. The van der Waals surface area contributed by atoms with Gasteiger partial charge in [-0.1, -0.05) is 13.8 Å². The van der Waals surface area contributed by atoms with Gasteiger partial charge in [-0.15, -0.1) is 11.3 Å². The molecule has 1 N–H and O–H groups in total. The first-order valence-electron chi connectivity index (χ1n) is 6.90. The van der Waals surface area contributed by atoms with E-state index in [1.807, 2.05) is 6.92 Å². The Morgan fingerprint density at radius 2 is 2.15 bits per heavy atom. The lowest BCUT2D eigenvalue weighted by molar-refractivity contribution is -0.149. The lowest BCUT2D eigenvalue weighted by Gasteiger charge is -2.37.